The summed E-state index contributed by atoms with van der Waals surface area (Å²) in [7, 11) is 4.31. The summed E-state index contributed by atoms with van der Waals surface area (Å²) < 4.78 is 0. The summed E-state index contributed by atoms with van der Waals surface area (Å²) in [6, 6.07) is 10.6. The highest BCUT2D eigenvalue weighted by atomic mass is 16.2. The lowest BCUT2D eigenvalue weighted by molar-refractivity contribution is -0.129. The van der Waals surface area contributed by atoms with Crippen molar-refractivity contribution in [2.24, 2.45) is 0 Å². The second-order valence-corrected chi connectivity index (χ2v) is 10.3. The molecule has 0 atom stereocenters. The van der Waals surface area contributed by atoms with E-state index in [0.29, 0.717) is 38.7 Å². The fourth-order valence-corrected chi connectivity index (χ4v) is 5.92. The van der Waals surface area contributed by atoms with Gasteiger partial charge in [0.25, 0.3) is 0 Å². The van der Waals surface area contributed by atoms with Crippen LogP contribution in [0.1, 0.15) is 38.2 Å². The minimum absolute atomic E-state index is 0.0121. The van der Waals surface area contributed by atoms with Gasteiger partial charge in [-0.05, 0) is 45.3 Å². The van der Waals surface area contributed by atoms with Crippen molar-refractivity contribution in [1.82, 2.24) is 25.1 Å². The van der Waals surface area contributed by atoms with E-state index in [2.05, 4.69) is 69.5 Å². The molecule has 2 aromatic rings. The molecule has 2 saturated heterocycles. The number of carbonyl (C=O) groups is 2. The molecule has 0 bridgehead atoms. The van der Waals surface area contributed by atoms with Crippen LogP contribution in [0, 0.1) is 0 Å². The molecule has 2 aliphatic heterocycles. The van der Waals surface area contributed by atoms with Gasteiger partial charge in [0, 0.05) is 38.6 Å². The zero-order valence-electron chi connectivity index (χ0n) is 20.9. The first-order chi connectivity index (χ1) is 16.8. The third-order valence-corrected chi connectivity index (χ3v) is 8.22. The molecular formula is C26H35N7O2. The average molecular weight is 478 g/mol. The van der Waals surface area contributed by atoms with Gasteiger partial charge in [-0.3, -0.25) is 14.6 Å². The molecule has 3 amide bonds. The number of piperazine rings is 1. The van der Waals surface area contributed by atoms with E-state index in [4.69, 9.17) is 0 Å². The van der Waals surface area contributed by atoms with Gasteiger partial charge in [-0.2, -0.15) is 0 Å². The Morgan fingerprint density at radius 1 is 0.971 bits per heavy atom. The second kappa shape index (κ2) is 9.11. The van der Waals surface area contributed by atoms with Gasteiger partial charge in [0.2, 0.25) is 11.9 Å². The van der Waals surface area contributed by atoms with E-state index >= 15 is 0 Å². The molecular weight excluding hydrogens is 442 g/mol. The first-order valence-corrected chi connectivity index (χ1v) is 12.5. The van der Waals surface area contributed by atoms with E-state index in [1.807, 2.05) is 4.90 Å². The van der Waals surface area contributed by atoms with Crippen LogP contribution in [0.5, 0.6) is 0 Å². The molecule has 186 valence electrons. The maximum Gasteiger partial charge on any atom is 0.322 e. The van der Waals surface area contributed by atoms with Crippen LogP contribution in [0.3, 0.4) is 0 Å². The van der Waals surface area contributed by atoms with E-state index in [1.54, 1.807) is 24.2 Å². The van der Waals surface area contributed by atoms with E-state index < -0.39 is 0 Å². The molecule has 35 heavy (non-hydrogen) atoms. The topological polar surface area (TPSA) is 84.9 Å². The van der Waals surface area contributed by atoms with Crippen molar-refractivity contribution in [3.63, 3.8) is 0 Å². The fraction of sp³-hybridized carbons (Fsp3) is 0.538. The number of aromatic nitrogens is 2. The molecule has 9 heteroatoms. The Bertz CT molecular complexity index is 1060. The zero-order valence-corrected chi connectivity index (χ0v) is 20.9. The molecule has 3 fully saturated rings. The highest BCUT2D eigenvalue weighted by Gasteiger charge is 2.50. The summed E-state index contributed by atoms with van der Waals surface area (Å²) in [5.41, 5.74) is 1.82. The predicted octanol–water partition coefficient (Wildman–Crippen LogP) is 2.44. The highest BCUT2D eigenvalue weighted by Crippen LogP contribution is 2.46. The van der Waals surface area contributed by atoms with Crippen molar-refractivity contribution in [3.05, 3.63) is 48.3 Å². The van der Waals surface area contributed by atoms with E-state index in [1.165, 1.54) is 5.56 Å². The van der Waals surface area contributed by atoms with Crippen molar-refractivity contribution in [1.29, 1.82) is 0 Å². The van der Waals surface area contributed by atoms with Gasteiger partial charge in [-0.1, -0.05) is 30.3 Å². The standard InChI is InChI=1S/C26H35N7O2/c1-20(34)31-13-15-32(16-14-31)23-27-17-22(18-28-23)33-19-25(29-24(33)35)9-11-26(12-10-25,30(2)3)21-7-5-4-6-8-21/h4-8,17-18H,9-16,19H2,1-3H3,(H,29,35). The summed E-state index contributed by atoms with van der Waals surface area (Å²) in [6.45, 7) is 5.00. The maximum atomic E-state index is 13.0. The minimum Gasteiger partial charge on any atom is -0.339 e. The SMILES string of the molecule is CC(=O)N1CCN(c2ncc(N3CC4(CCC(c5ccccc5)(N(C)C)CC4)NC3=O)cn2)CC1. The number of nitrogens with zero attached hydrogens (tertiary/aromatic N) is 6. The monoisotopic (exact) mass is 477 g/mol. The molecule has 1 N–H and O–H groups in total. The van der Waals surface area contributed by atoms with Crippen molar-refractivity contribution in [2.45, 2.75) is 43.7 Å². The first kappa shape index (κ1) is 23.5. The largest absolute Gasteiger partial charge is 0.339 e. The quantitative estimate of drug-likeness (QED) is 0.728. The van der Waals surface area contributed by atoms with Gasteiger partial charge in [0.1, 0.15) is 0 Å². The zero-order chi connectivity index (χ0) is 24.6. The number of hydrogen-bond acceptors (Lipinski definition) is 6. The van der Waals surface area contributed by atoms with E-state index in [-0.39, 0.29) is 23.0 Å². The molecule has 0 unspecified atom stereocenters. The number of hydrogen-bond donors (Lipinski definition) is 1. The number of amides is 3. The van der Waals surface area contributed by atoms with E-state index in [0.717, 1.165) is 31.4 Å². The number of anilines is 2. The molecule has 3 aliphatic rings. The number of nitrogens with one attached hydrogen (secondary N) is 1. The molecule has 1 spiro atoms. The number of carbonyl (C=O) groups excluding carboxylic acids is 2. The summed E-state index contributed by atoms with van der Waals surface area (Å²) in [4.78, 5) is 41.7. The van der Waals surface area contributed by atoms with Gasteiger partial charge in [-0.15, -0.1) is 0 Å². The van der Waals surface area contributed by atoms with Gasteiger partial charge < -0.3 is 15.1 Å². The minimum atomic E-state index is -0.229. The van der Waals surface area contributed by atoms with Crippen molar-refractivity contribution < 1.29 is 9.59 Å². The molecule has 1 saturated carbocycles. The summed E-state index contributed by atoms with van der Waals surface area (Å²) in [5.74, 6) is 0.742. The lowest BCUT2D eigenvalue weighted by Gasteiger charge is -2.48. The lowest BCUT2D eigenvalue weighted by Crippen LogP contribution is -2.54. The molecule has 0 radical (unpaired) electrons. The van der Waals surface area contributed by atoms with Gasteiger partial charge in [0.15, 0.2) is 0 Å². The summed E-state index contributed by atoms with van der Waals surface area (Å²) >= 11 is 0. The molecule has 1 aliphatic carbocycles. The molecule has 5 rings (SSSR count). The van der Waals surface area contributed by atoms with Crippen LogP contribution < -0.4 is 15.1 Å². The molecule has 1 aromatic heterocycles. The number of rotatable bonds is 4. The normalized spacial score (nSPS) is 27.0. The van der Waals surface area contributed by atoms with Gasteiger partial charge in [-0.25, -0.2) is 14.8 Å². The van der Waals surface area contributed by atoms with Crippen LogP contribution >= 0.6 is 0 Å². The maximum absolute atomic E-state index is 13.0. The highest BCUT2D eigenvalue weighted by molar-refractivity contribution is 5.95. The van der Waals surface area contributed by atoms with Gasteiger partial charge >= 0.3 is 6.03 Å². The van der Waals surface area contributed by atoms with Crippen LogP contribution in [0.15, 0.2) is 42.7 Å². The summed E-state index contributed by atoms with van der Waals surface area (Å²) in [5, 5.41) is 3.30. The van der Waals surface area contributed by atoms with Crippen LogP contribution in [0.25, 0.3) is 0 Å². The van der Waals surface area contributed by atoms with Crippen molar-refractivity contribution >= 4 is 23.6 Å². The Morgan fingerprint density at radius 3 is 2.17 bits per heavy atom. The fourth-order valence-electron chi connectivity index (χ4n) is 5.92. The Labute approximate surface area is 207 Å². The van der Waals surface area contributed by atoms with Crippen LogP contribution in [-0.2, 0) is 10.3 Å². The number of benzene rings is 1. The molecule has 9 nitrogen and oxygen atoms in total. The molecule has 1 aromatic carbocycles. The molecule has 3 heterocycles. The Balaban J connectivity index is 1.25. The van der Waals surface area contributed by atoms with E-state index in [9.17, 15) is 9.59 Å². The van der Waals surface area contributed by atoms with Crippen molar-refractivity contribution in [2.75, 3.05) is 56.6 Å². The Morgan fingerprint density at radius 2 is 1.60 bits per heavy atom. The smallest absolute Gasteiger partial charge is 0.322 e. The predicted molar refractivity (Wildman–Crippen MR) is 135 cm³/mol. The number of urea groups is 1. The summed E-state index contributed by atoms with van der Waals surface area (Å²) in [6.07, 6.45) is 7.30. The van der Waals surface area contributed by atoms with Crippen LogP contribution in [0.4, 0.5) is 16.4 Å². The third-order valence-electron chi connectivity index (χ3n) is 8.22. The van der Waals surface area contributed by atoms with Crippen molar-refractivity contribution in [3.8, 4) is 0 Å². The first-order valence-electron chi connectivity index (χ1n) is 12.5. The Kier molecular flexibility index (Phi) is 6.13. The Hall–Kier alpha value is -3.20. The van der Waals surface area contributed by atoms with Gasteiger partial charge in [0.05, 0.1) is 30.2 Å². The average Bonchev–Trinajstić information content (AvgIpc) is 3.20. The third kappa shape index (κ3) is 4.33. The van der Waals surface area contributed by atoms with Crippen LogP contribution in [0.2, 0.25) is 0 Å². The second-order valence-electron chi connectivity index (χ2n) is 10.3. The lowest BCUT2D eigenvalue weighted by atomic mass is 9.69. The van der Waals surface area contributed by atoms with Crippen LogP contribution in [-0.4, -0.2) is 84.1 Å².